The van der Waals surface area contributed by atoms with E-state index >= 15 is 0 Å². The van der Waals surface area contributed by atoms with E-state index < -0.39 is 10.0 Å². The van der Waals surface area contributed by atoms with Gasteiger partial charge in [0.05, 0.1) is 15.6 Å². The molecule has 0 bridgehead atoms. The lowest BCUT2D eigenvalue weighted by atomic mass is 10.2. The average molecular weight is 333 g/mol. The zero-order valence-corrected chi connectivity index (χ0v) is 12.6. The van der Waals surface area contributed by atoms with Gasteiger partial charge in [-0.1, -0.05) is 11.6 Å². The van der Waals surface area contributed by atoms with Crippen LogP contribution in [0.25, 0.3) is 0 Å². The van der Waals surface area contributed by atoms with Gasteiger partial charge in [0.2, 0.25) is 5.28 Å². The smallest absolute Gasteiger partial charge is 0.263 e. The summed E-state index contributed by atoms with van der Waals surface area (Å²) < 4.78 is 26.9. The van der Waals surface area contributed by atoms with Crippen molar-refractivity contribution in [2.45, 2.75) is 11.8 Å². The summed E-state index contributed by atoms with van der Waals surface area (Å²) in [6, 6.07) is 4.17. The molecule has 0 saturated heterocycles. The maximum atomic E-state index is 12.3. The number of hydrogen-bond acceptors (Lipinski definition) is 5. The van der Waals surface area contributed by atoms with Crippen LogP contribution in [0.4, 0.5) is 11.5 Å². The molecule has 0 spiro atoms. The molecule has 1 heterocycles. The van der Waals surface area contributed by atoms with Gasteiger partial charge >= 0.3 is 0 Å². The van der Waals surface area contributed by atoms with Gasteiger partial charge in [-0.3, -0.25) is 4.72 Å². The summed E-state index contributed by atoms with van der Waals surface area (Å²) in [5.74, 6) is 0.0675. The zero-order valence-electron chi connectivity index (χ0n) is 10.3. The lowest BCUT2D eigenvalue weighted by Crippen LogP contribution is -2.15. The predicted molar refractivity (Wildman–Crippen MR) is 78.5 cm³/mol. The minimum absolute atomic E-state index is 0.0223. The molecule has 9 heteroatoms. The van der Waals surface area contributed by atoms with Crippen LogP contribution in [-0.4, -0.2) is 18.4 Å². The van der Waals surface area contributed by atoms with Crippen LogP contribution in [0.15, 0.2) is 29.3 Å². The number of benzene rings is 1. The van der Waals surface area contributed by atoms with Gasteiger partial charge < -0.3 is 5.73 Å². The van der Waals surface area contributed by atoms with Gasteiger partial charge in [0.1, 0.15) is 5.82 Å². The molecule has 20 heavy (non-hydrogen) atoms. The number of hydrogen-bond donors (Lipinski definition) is 2. The van der Waals surface area contributed by atoms with Crippen LogP contribution in [0.5, 0.6) is 0 Å². The molecule has 1 aromatic carbocycles. The molecule has 0 radical (unpaired) electrons. The monoisotopic (exact) mass is 332 g/mol. The lowest BCUT2D eigenvalue weighted by Gasteiger charge is -2.11. The largest absolute Gasteiger partial charge is 0.397 e. The summed E-state index contributed by atoms with van der Waals surface area (Å²) in [6.07, 6.45) is 1.34. The molecule has 0 atom stereocenters. The molecule has 0 saturated carbocycles. The summed E-state index contributed by atoms with van der Waals surface area (Å²) in [7, 11) is -3.84. The third kappa shape index (κ3) is 3.12. The Balaban J connectivity index is 2.43. The van der Waals surface area contributed by atoms with Gasteiger partial charge in [0.15, 0.2) is 0 Å². The second-order valence-corrected chi connectivity index (χ2v) is 6.35. The summed E-state index contributed by atoms with van der Waals surface area (Å²) in [5, 5.41) is 0.240. The normalized spacial score (nSPS) is 11.3. The second kappa shape index (κ2) is 5.43. The third-order valence-electron chi connectivity index (χ3n) is 2.45. The van der Waals surface area contributed by atoms with E-state index in [4.69, 9.17) is 28.9 Å². The molecule has 3 N–H and O–H groups in total. The number of rotatable bonds is 3. The Morgan fingerprint density at radius 1 is 1.30 bits per heavy atom. The molecular formula is C11H10Cl2N4O2S. The number of aromatic nitrogens is 2. The molecule has 6 nitrogen and oxygen atoms in total. The summed E-state index contributed by atoms with van der Waals surface area (Å²) in [6.45, 7) is 1.62. The Kier molecular flexibility index (Phi) is 4.03. The van der Waals surface area contributed by atoms with Gasteiger partial charge in [0.25, 0.3) is 10.0 Å². The number of aryl methyl sites for hydroxylation is 1. The van der Waals surface area contributed by atoms with Crippen molar-refractivity contribution in [2.24, 2.45) is 0 Å². The third-order valence-corrected chi connectivity index (χ3v) is 4.46. The van der Waals surface area contributed by atoms with Crippen molar-refractivity contribution in [1.82, 2.24) is 9.97 Å². The molecule has 0 unspecified atom stereocenters. The first kappa shape index (κ1) is 14.8. The zero-order chi connectivity index (χ0) is 14.9. The van der Waals surface area contributed by atoms with E-state index in [0.717, 1.165) is 0 Å². The number of sulfonamides is 1. The van der Waals surface area contributed by atoms with Crippen LogP contribution < -0.4 is 10.5 Å². The SMILES string of the molecule is Cc1cc(Cl)c(N)cc1S(=O)(=O)Nc1ccnc(Cl)n1. The van der Waals surface area contributed by atoms with E-state index in [1.54, 1.807) is 6.92 Å². The molecule has 0 aliphatic heterocycles. The molecule has 2 rings (SSSR count). The van der Waals surface area contributed by atoms with E-state index in [-0.39, 0.29) is 21.7 Å². The van der Waals surface area contributed by atoms with Crippen LogP contribution >= 0.6 is 23.2 Å². The van der Waals surface area contributed by atoms with Crippen LogP contribution in [0.3, 0.4) is 0 Å². The van der Waals surface area contributed by atoms with Crippen LogP contribution in [0, 0.1) is 6.92 Å². The molecular weight excluding hydrogens is 323 g/mol. The topological polar surface area (TPSA) is 98.0 Å². The van der Waals surface area contributed by atoms with Gasteiger partial charge in [-0.2, -0.15) is 4.98 Å². The Bertz CT molecular complexity index is 765. The number of nitrogens with two attached hydrogens (primary N) is 1. The van der Waals surface area contributed by atoms with E-state index in [0.29, 0.717) is 10.6 Å². The molecule has 1 aromatic heterocycles. The first-order valence-corrected chi connectivity index (χ1v) is 7.60. The highest BCUT2D eigenvalue weighted by atomic mass is 35.5. The number of anilines is 2. The van der Waals surface area contributed by atoms with Crippen molar-refractivity contribution in [1.29, 1.82) is 0 Å². The summed E-state index contributed by atoms with van der Waals surface area (Å²) in [4.78, 5) is 7.45. The minimum atomic E-state index is -3.84. The highest BCUT2D eigenvalue weighted by molar-refractivity contribution is 7.92. The van der Waals surface area contributed by atoms with Gasteiger partial charge in [-0.05, 0) is 42.3 Å². The number of nitrogens with one attached hydrogen (secondary N) is 1. The number of nitrogen functional groups attached to an aromatic ring is 1. The second-order valence-electron chi connectivity index (χ2n) is 3.96. The highest BCUT2D eigenvalue weighted by Crippen LogP contribution is 2.27. The van der Waals surface area contributed by atoms with Gasteiger partial charge in [-0.15, -0.1) is 0 Å². The fourth-order valence-electron chi connectivity index (χ4n) is 1.54. The van der Waals surface area contributed by atoms with Crippen LogP contribution in [0.2, 0.25) is 10.3 Å². The Morgan fingerprint density at radius 3 is 2.65 bits per heavy atom. The molecule has 0 fully saturated rings. The van der Waals surface area contributed by atoms with Gasteiger partial charge in [-0.25, -0.2) is 13.4 Å². The lowest BCUT2D eigenvalue weighted by molar-refractivity contribution is 0.600. The molecule has 0 aliphatic rings. The molecule has 0 amide bonds. The fourth-order valence-corrected chi connectivity index (χ4v) is 3.17. The fraction of sp³-hybridized carbons (Fsp3) is 0.0909. The Morgan fingerprint density at radius 2 is 2.00 bits per heavy atom. The maximum Gasteiger partial charge on any atom is 0.263 e. The van der Waals surface area contributed by atoms with Crippen molar-refractivity contribution < 1.29 is 8.42 Å². The van der Waals surface area contributed by atoms with E-state index in [9.17, 15) is 8.42 Å². The predicted octanol–water partition coefficient (Wildman–Crippen LogP) is 2.47. The van der Waals surface area contributed by atoms with Crippen molar-refractivity contribution in [2.75, 3.05) is 10.5 Å². The number of halogens is 2. The minimum Gasteiger partial charge on any atom is -0.397 e. The van der Waals surface area contributed by atoms with E-state index in [2.05, 4.69) is 14.7 Å². The maximum absolute atomic E-state index is 12.3. The van der Waals surface area contributed by atoms with Crippen molar-refractivity contribution >= 4 is 44.7 Å². The Labute approximate surface area is 126 Å². The highest BCUT2D eigenvalue weighted by Gasteiger charge is 2.19. The van der Waals surface area contributed by atoms with Gasteiger partial charge in [0, 0.05) is 6.20 Å². The summed E-state index contributed by atoms with van der Waals surface area (Å²) in [5.41, 5.74) is 6.28. The summed E-state index contributed by atoms with van der Waals surface area (Å²) >= 11 is 11.4. The van der Waals surface area contributed by atoms with E-state index in [1.165, 1.54) is 24.4 Å². The first-order valence-electron chi connectivity index (χ1n) is 5.36. The number of nitrogens with zero attached hydrogens (tertiary/aromatic N) is 2. The van der Waals surface area contributed by atoms with Crippen LogP contribution in [-0.2, 0) is 10.0 Å². The Hall–Kier alpha value is -1.57. The average Bonchev–Trinajstić information content (AvgIpc) is 2.33. The van der Waals surface area contributed by atoms with E-state index in [1.807, 2.05) is 0 Å². The van der Waals surface area contributed by atoms with Crippen LogP contribution in [0.1, 0.15) is 5.56 Å². The van der Waals surface area contributed by atoms with Crippen molar-refractivity contribution in [3.05, 3.63) is 40.3 Å². The molecule has 106 valence electrons. The van der Waals surface area contributed by atoms with Crippen molar-refractivity contribution in [3.63, 3.8) is 0 Å². The quantitative estimate of drug-likeness (QED) is 0.664. The molecule has 2 aromatic rings. The molecule has 0 aliphatic carbocycles. The van der Waals surface area contributed by atoms with Crippen molar-refractivity contribution in [3.8, 4) is 0 Å². The standard InChI is InChI=1S/C11H10Cl2N4O2S/c1-6-4-7(12)8(14)5-9(6)20(18,19)17-10-2-3-15-11(13)16-10/h2-5H,14H2,1H3,(H,15,16,17). The first-order chi connectivity index (χ1) is 9.29.